The highest BCUT2D eigenvalue weighted by molar-refractivity contribution is 7.89. The number of aryl methyl sites for hydroxylation is 2. The molecule has 0 radical (unpaired) electrons. The molecule has 3 aromatic rings. The van der Waals surface area contributed by atoms with Gasteiger partial charge in [-0.15, -0.1) is 5.10 Å². The minimum atomic E-state index is -3.72. The summed E-state index contributed by atoms with van der Waals surface area (Å²) < 4.78 is 36.8. The topological polar surface area (TPSA) is 115 Å². The van der Waals surface area contributed by atoms with Crippen molar-refractivity contribution in [3.63, 3.8) is 0 Å². The summed E-state index contributed by atoms with van der Waals surface area (Å²) >= 11 is 0. The van der Waals surface area contributed by atoms with Crippen LogP contribution in [0.5, 0.6) is 0 Å². The van der Waals surface area contributed by atoms with Crippen molar-refractivity contribution in [2.45, 2.75) is 50.1 Å². The lowest BCUT2D eigenvalue weighted by Crippen LogP contribution is -2.34. The van der Waals surface area contributed by atoms with E-state index in [4.69, 9.17) is 4.42 Å². The van der Waals surface area contributed by atoms with Crippen LogP contribution in [0.2, 0.25) is 0 Å². The van der Waals surface area contributed by atoms with Crippen molar-refractivity contribution in [1.82, 2.24) is 29.0 Å². The molecule has 1 saturated carbocycles. The molecule has 0 amide bonds. The molecule has 1 N–H and O–H groups in total. The maximum Gasteiger partial charge on any atom is 0.337 e. The fraction of sp³-hybridized carbons (Fsp3) is 0.526. The monoisotopic (exact) mass is 434 g/mol. The van der Waals surface area contributed by atoms with Gasteiger partial charge >= 0.3 is 11.7 Å². The molecule has 1 aliphatic rings. The summed E-state index contributed by atoms with van der Waals surface area (Å²) in [6.45, 7) is 4.80. The molecule has 10 nitrogen and oxygen atoms in total. The summed E-state index contributed by atoms with van der Waals surface area (Å²) in [5.74, 6) is 0.317. The molecule has 2 heterocycles. The first-order valence-corrected chi connectivity index (χ1v) is 11.3. The van der Waals surface area contributed by atoms with Crippen LogP contribution in [0.4, 0.5) is 0 Å². The van der Waals surface area contributed by atoms with E-state index in [-0.39, 0.29) is 16.6 Å². The third kappa shape index (κ3) is 3.92. The third-order valence-electron chi connectivity index (χ3n) is 5.29. The number of aromatic nitrogens is 4. The largest absolute Gasteiger partial charge is 0.408 e. The van der Waals surface area contributed by atoms with E-state index in [0.717, 1.165) is 25.8 Å². The number of fused-ring (bicyclic) bond motifs is 1. The van der Waals surface area contributed by atoms with E-state index in [1.54, 1.807) is 17.6 Å². The molecule has 162 valence electrons. The van der Waals surface area contributed by atoms with Gasteiger partial charge in [-0.1, -0.05) is 5.10 Å². The van der Waals surface area contributed by atoms with Crippen molar-refractivity contribution in [3.05, 3.63) is 34.6 Å². The summed E-state index contributed by atoms with van der Waals surface area (Å²) in [5, 5.41) is 7.78. The first-order valence-electron chi connectivity index (χ1n) is 9.84. The van der Waals surface area contributed by atoms with Gasteiger partial charge in [-0.3, -0.25) is 4.57 Å². The molecule has 1 aliphatic carbocycles. The van der Waals surface area contributed by atoms with Gasteiger partial charge in [0.1, 0.15) is 0 Å². The molecule has 4 rings (SSSR count). The van der Waals surface area contributed by atoms with Crippen LogP contribution in [-0.2, 0) is 16.6 Å². The van der Waals surface area contributed by atoms with E-state index in [2.05, 4.69) is 14.9 Å². The lowest BCUT2D eigenvalue weighted by molar-refractivity contribution is 0.385. The number of hydrogen-bond acceptors (Lipinski definition) is 7. The standard InChI is InChI=1S/C19H26N6O4S/c1-13-20-21-17(29-13)25-16-12-14(30(27,28)22-19(2)8-9-19)6-7-15(16)24(18(25)26)11-5-10-23(3)4/h6-7,12,22H,5,8-11H2,1-4H3. The van der Waals surface area contributed by atoms with Crippen molar-refractivity contribution in [3.8, 4) is 6.01 Å². The predicted molar refractivity (Wildman–Crippen MR) is 111 cm³/mol. The molecular formula is C19H26N6O4S. The average molecular weight is 435 g/mol. The second-order valence-electron chi connectivity index (χ2n) is 8.35. The summed E-state index contributed by atoms with van der Waals surface area (Å²) in [4.78, 5) is 15.3. The number of imidazole rings is 1. The Balaban J connectivity index is 1.84. The Kier molecular flexibility index (Phi) is 5.07. The Hall–Kier alpha value is -2.50. The van der Waals surface area contributed by atoms with Gasteiger partial charge in [-0.2, -0.15) is 0 Å². The number of hydrogen-bond donors (Lipinski definition) is 1. The molecule has 30 heavy (non-hydrogen) atoms. The molecule has 0 aliphatic heterocycles. The second kappa shape index (κ2) is 7.33. The van der Waals surface area contributed by atoms with Crippen LogP contribution < -0.4 is 10.4 Å². The Morgan fingerprint density at radius 3 is 2.57 bits per heavy atom. The number of benzene rings is 1. The van der Waals surface area contributed by atoms with Gasteiger partial charge < -0.3 is 9.32 Å². The molecule has 11 heteroatoms. The number of nitrogens with zero attached hydrogens (tertiary/aromatic N) is 5. The predicted octanol–water partition coefficient (Wildman–Crippen LogP) is 1.27. The van der Waals surface area contributed by atoms with Crippen LogP contribution in [0.1, 0.15) is 32.1 Å². The molecule has 0 atom stereocenters. The van der Waals surface area contributed by atoms with Crippen molar-refractivity contribution >= 4 is 21.1 Å². The first-order chi connectivity index (χ1) is 14.1. The normalized spacial score (nSPS) is 15.9. The summed E-state index contributed by atoms with van der Waals surface area (Å²) in [5.41, 5.74) is 0.294. The molecular weight excluding hydrogens is 408 g/mol. The fourth-order valence-corrected chi connectivity index (χ4v) is 4.88. The second-order valence-corrected chi connectivity index (χ2v) is 10.0. The van der Waals surface area contributed by atoms with E-state index in [1.165, 1.54) is 16.7 Å². The lowest BCUT2D eigenvalue weighted by Gasteiger charge is -2.12. The SMILES string of the molecule is Cc1nnc(-n2c(=O)n(CCCN(C)C)c3ccc(S(=O)(=O)NC4(C)CC4)cc32)o1. The van der Waals surface area contributed by atoms with Gasteiger partial charge in [-0.25, -0.2) is 22.5 Å². The maximum absolute atomic E-state index is 13.2. The van der Waals surface area contributed by atoms with Crippen LogP contribution in [0.25, 0.3) is 17.0 Å². The lowest BCUT2D eigenvalue weighted by atomic mass is 10.3. The Morgan fingerprint density at radius 1 is 1.23 bits per heavy atom. The Labute approximate surface area is 174 Å². The van der Waals surface area contributed by atoms with Crippen molar-refractivity contribution in [2.75, 3.05) is 20.6 Å². The van der Waals surface area contributed by atoms with Crippen LogP contribution in [-0.4, -0.2) is 58.8 Å². The molecule has 0 saturated heterocycles. The van der Waals surface area contributed by atoms with Crippen LogP contribution in [0.15, 0.2) is 32.3 Å². The van der Waals surface area contributed by atoms with Crippen molar-refractivity contribution in [2.24, 2.45) is 0 Å². The molecule has 0 spiro atoms. The van der Waals surface area contributed by atoms with Crippen molar-refractivity contribution in [1.29, 1.82) is 0 Å². The highest BCUT2D eigenvalue weighted by Gasteiger charge is 2.41. The van der Waals surface area contributed by atoms with E-state index in [1.807, 2.05) is 25.9 Å². The number of rotatable bonds is 8. The van der Waals surface area contributed by atoms with E-state index < -0.39 is 15.6 Å². The van der Waals surface area contributed by atoms with E-state index in [0.29, 0.717) is 23.5 Å². The minimum Gasteiger partial charge on any atom is -0.408 e. The zero-order valence-electron chi connectivity index (χ0n) is 17.5. The fourth-order valence-electron chi connectivity index (χ4n) is 3.40. The van der Waals surface area contributed by atoms with Crippen LogP contribution >= 0.6 is 0 Å². The van der Waals surface area contributed by atoms with Crippen molar-refractivity contribution < 1.29 is 12.8 Å². The molecule has 1 fully saturated rings. The average Bonchev–Trinajstić information content (AvgIpc) is 3.10. The van der Waals surface area contributed by atoms with Crippen LogP contribution in [0.3, 0.4) is 0 Å². The van der Waals surface area contributed by atoms with Crippen LogP contribution in [0, 0.1) is 6.92 Å². The van der Waals surface area contributed by atoms with E-state index in [9.17, 15) is 13.2 Å². The zero-order chi connectivity index (χ0) is 21.7. The Bertz CT molecular complexity index is 1250. The molecule has 0 bridgehead atoms. The quantitative estimate of drug-likeness (QED) is 0.568. The maximum atomic E-state index is 13.2. The third-order valence-corrected chi connectivity index (χ3v) is 6.92. The minimum absolute atomic E-state index is 0.0190. The zero-order valence-corrected chi connectivity index (χ0v) is 18.4. The van der Waals surface area contributed by atoms with Gasteiger partial charge in [0.2, 0.25) is 15.9 Å². The van der Waals surface area contributed by atoms with Gasteiger partial charge in [0.15, 0.2) is 0 Å². The highest BCUT2D eigenvalue weighted by Crippen LogP contribution is 2.36. The highest BCUT2D eigenvalue weighted by atomic mass is 32.2. The molecule has 1 aromatic carbocycles. The summed E-state index contributed by atoms with van der Waals surface area (Å²) in [7, 11) is 0.220. The van der Waals surface area contributed by atoms with E-state index >= 15 is 0 Å². The van der Waals surface area contributed by atoms with Gasteiger partial charge in [0.25, 0.3) is 0 Å². The number of nitrogens with one attached hydrogen (secondary N) is 1. The molecule has 2 aromatic heterocycles. The summed E-state index contributed by atoms with van der Waals surface area (Å²) in [6, 6.07) is 4.70. The van der Waals surface area contributed by atoms with Gasteiger partial charge in [0.05, 0.1) is 15.9 Å². The van der Waals surface area contributed by atoms with Gasteiger partial charge in [-0.05, 0) is 65.0 Å². The van der Waals surface area contributed by atoms with Gasteiger partial charge in [0, 0.05) is 19.0 Å². The number of sulfonamides is 1. The first kappa shape index (κ1) is 20.8. The Morgan fingerprint density at radius 2 is 1.97 bits per heavy atom. The smallest absolute Gasteiger partial charge is 0.337 e. The molecule has 0 unspecified atom stereocenters. The summed E-state index contributed by atoms with van der Waals surface area (Å²) in [6.07, 6.45) is 2.38.